The summed E-state index contributed by atoms with van der Waals surface area (Å²) in [5.74, 6) is 1.51. The van der Waals surface area contributed by atoms with Crippen molar-refractivity contribution in [3.63, 3.8) is 0 Å². The minimum absolute atomic E-state index is 0.153. The Labute approximate surface area is 121 Å². The van der Waals surface area contributed by atoms with Crippen molar-refractivity contribution in [2.24, 2.45) is 5.92 Å². The summed E-state index contributed by atoms with van der Waals surface area (Å²) in [5, 5.41) is 7.29. The monoisotopic (exact) mass is 303 g/mol. The Morgan fingerprint density at radius 1 is 1.45 bits per heavy atom. The summed E-state index contributed by atoms with van der Waals surface area (Å²) in [6, 6.07) is 1.91. The van der Waals surface area contributed by atoms with Crippen LogP contribution in [0.25, 0.3) is 0 Å². The molecule has 6 nitrogen and oxygen atoms in total. The summed E-state index contributed by atoms with van der Waals surface area (Å²) in [6.45, 7) is 6.98. The first-order valence-corrected chi connectivity index (χ1v) is 8.84. The zero-order valence-corrected chi connectivity index (χ0v) is 13.5. The van der Waals surface area contributed by atoms with E-state index in [0.29, 0.717) is 25.6 Å². The third-order valence-corrected chi connectivity index (χ3v) is 3.66. The van der Waals surface area contributed by atoms with E-state index in [1.54, 1.807) is 0 Å². The van der Waals surface area contributed by atoms with Crippen LogP contribution in [0.4, 0.5) is 0 Å². The maximum absolute atomic E-state index is 11.1. The van der Waals surface area contributed by atoms with E-state index in [-0.39, 0.29) is 5.75 Å². The van der Waals surface area contributed by atoms with Crippen molar-refractivity contribution in [2.45, 2.75) is 26.9 Å². The molecule has 0 aromatic carbocycles. The van der Waals surface area contributed by atoms with Crippen LogP contribution in [-0.2, 0) is 22.9 Å². The average Bonchev–Trinajstić information content (AvgIpc) is 2.73. The van der Waals surface area contributed by atoms with Crippen LogP contribution >= 0.6 is 0 Å². The van der Waals surface area contributed by atoms with E-state index in [9.17, 15) is 8.42 Å². The lowest BCUT2D eigenvalue weighted by Crippen LogP contribution is -2.24. The predicted molar refractivity (Wildman–Crippen MR) is 79.1 cm³/mol. The van der Waals surface area contributed by atoms with Gasteiger partial charge in [0.2, 0.25) is 0 Å². The van der Waals surface area contributed by atoms with Crippen LogP contribution in [0.15, 0.2) is 10.6 Å². The van der Waals surface area contributed by atoms with Crippen molar-refractivity contribution in [2.75, 3.05) is 32.1 Å². The summed E-state index contributed by atoms with van der Waals surface area (Å²) in [5.41, 5.74) is 0.872. The fraction of sp³-hybridized carbons (Fsp3) is 0.769. The van der Waals surface area contributed by atoms with Crippen LogP contribution in [0.5, 0.6) is 0 Å². The molecule has 0 radical (unpaired) electrons. The van der Waals surface area contributed by atoms with E-state index < -0.39 is 9.84 Å². The van der Waals surface area contributed by atoms with Gasteiger partial charge in [-0.15, -0.1) is 0 Å². The van der Waals surface area contributed by atoms with Crippen molar-refractivity contribution in [3.8, 4) is 0 Å². The highest BCUT2D eigenvalue weighted by molar-refractivity contribution is 7.90. The lowest BCUT2D eigenvalue weighted by Gasteiger charge is -2.13. The molecule has 1 heterocycles. The SMILES string of the molecule is CC(C)CNCc1cc(CN(C)CCS(C)(=O)=O)on1. The molecule has 0 aliphatic carbocycles. The van der Waals surface area contributed by atoms with Crippen molar-refractivity contribution in [1.82, 2.24) is 15.4 Å². The van der Waals surface area contributed by atoms with Gasteiger partial charge in [-0.3, -0.25) is 4.90 Å². The van der Waals surface area contributed by atoms with Gasteiger partial charge in [-0.1, -0.05) is 19.0 Å². The van der Waals surface area contributed by atoms with Gasteiger partial charge in [0.05, 0.1) is 18.0 Å². The second-order valence-electron chi connectivity index (χ2n) is 5.68. The Morgan fingerprint density at radius 2 is 2.15 bits per heavy atom. The molecule has 1 N–H and O–H groups in total. The Balaban J connectivity index is 2.35. The highest BCUT2D eigenvalue weighted by atomic mass is 32.2. The van der Waals surface area contributed by atoms with E-state index in [1.165, 1.54) is 6.26 Å². The number of rotatable bonds is 9. The Morgan fingerprint density at radius 3 is 2.75 bits per heavy atom. The van der Waals surface area contributed by atoms with Gasteiger partial charge < -0.3 is 9.84 Å². The number of nitrogens with zero attached hydrogens (tertiary/aromatic N) is 2. The molecule has 116 valence electrons. The number of nitrogens with one attached hydrogen (secondary N) is 1. The fourth-order valence-corrected chi connectivity index (χ4v) is 2.31. The molecule has 0 unspecified atom stereocenters. The molecule has 0 atom stereocenters. The third-order valence-electron chi connectivity index (χ3n) is 2.74. The van der Waals surface area contributed by atoms with Gasteiger partial charge in [-0.05, 0) is 19.5 Å². The predicted octanol–water partition coefficient (Wildman–Crippen LogP) is 0.897. The van der Waals surface area contributed by atoms with Crippen molar-refractivity contribution in [1.29, 1.82) is 0 Å². The highest BCUT2D eigenvalue weighted by Gasteiger charge is 2.10. The van der Waals surface area contributed by atoms with E-state index in [2.05, 4.69) is 24.3 Å². The van der Waals surface area contributed by atoms with Gasteiger partial charge >= 0.3 is 0 Å². The Hall–Kier alpha value is -0.920. The zero-order chi connectivity index (χ0) is 15.2. The first-order valence-electron chi connectivity index (χ1n) is 6.77. The quantitative estimate of drug-likeness (QED) is 0.730. The molecule has 0 amide bonds. The fourth-order valence-electron chi connectivity index (χ4n) is 1.67. The molecule has 1 aromatic rings. The van der Waals surface area contributed by atoms with Gasteiger partial charge in [-0.25, -0.2) is 8.42 Å². The number of sulfone groups is 1. The Bertz CT molecular complexity index is 497. The van der Waals surface area contributed by atoms with Gasteiger partial charge in [-0.2, -0.15) is 0 Å². The number of hydrogen-bond acceptors (Lipinski definition) is 6. The van der Waals surface area contributed by atoms with Crippen LogP contribution < -0.4 is 5.32 Å². The summed E-state index contributed by atoms with van der Waals surface area (Å²) in [4.78, 5) is 1.91. The zero-order valence-electron chi connectivity index (χ0n) is 12.7. The second kappa shape index (κ2) is 7.75. The van der Waals surface area contributed by atoms with Crippen LogP contribution in [-0.4, -0.2) is 50.6 Å². The molecule has 1 aromatic heterocycles. The summed E-state index contributed by atoms with van der Waals surface area (Å²) < 4.78 is 27.4. The summed E-state index contributed by atoms with van der Waals surface area (Å²) in [6.07, 6.45) is 1.24. The van der Waals surface area contributed by atoms with Gasteiger partial charge in [0.25, 0.3) is 0 Å². The molecular formula is C13H25N3O3S. The second-order valence-corrected chi connectivity index (χ2v) is 7.94. The highest BCUT2D eigenvalue weighted by Crippen LogP contribution is 2.06. The minimum atomic E-state index is -2.92. The van der Waals surface area contributed by atoms with E-state index in [1.807, 2.05) is 18.0 Å². The summed E-state index contributed by atoms with van der Waals surface area (Å²) >= 11 is 0. The molecule has 0 fully saturated rings. The van der Waals surface area contributed by atoms with Gasteiger partial charge in [0, 0.05) is 25.4 Å². The maximum Gasteiger partial charge on any atom is 0.151 e. The summed E-state index contributed by atoms with van der Waals surface area (Å²) in [7, 11) is -1.06. The lowest BCUT2D eigenvalue weighted by molar-refractivity contribution is 0.282. The largest absolute Gasteiger partial charge is 0.360 e. The van der Waals surface area contributed by atoms with Gasteiger partial charge in [0.1, 0.15) is 9.84 Å². The minimum Gasteiger partial charge on any atom is -0.360 e. The van der Waals surface area contributed by atoms with Crippen LogP contribution in [0.3, 0.4) is 0 Å². The Kier molecular flexibility index (Phi) is 6.64. The van der Waals surface area contributed by atoms with E-state index in [4.69, 9.17) is 4.52 Å². The normalized spacial score (nSPS) is 12.5. The van der Waals surface area contributed by atoms with Crippen molar-refractivity contribution >= 4 is 9.84 Å². The number of aromatic nitrogens is 1. The smallest absolute Gasteiger partial charge is 0.151 e. The topological polar surface area (TPSA) is 75.4 Å². The molecular weight excluding hydrogens is 278 g/mol. The van der Waals surface area contributed by atoms with E-state index >= 15 is 0 Å². The first kappa shape index (κ1) is 17.1. The molecule has 0 spiro atoms. The molecule has 0 aliphatic heterocycles. The first-order chi connectivity index (χ1) is 9.26. The van der Waals surface area contributed by atoms with E-state index in [0.717, 1.165) is 18.0 Å². The van der Waals surface area contributed by atoms with Crippen LogP contribution in [0, 0.1) is 5.92 Å². The number of hydrogen-bond donors (Lipinski definition) is 1. The van der Waals surface area contributed by atoms with Crippen molar-refractivity contribution in [3.05, 3.63) is 17.5 Å². The lowest BCUT2D eigenvalue weighted by atomic mass is 10.2. The molecule has 0 saturated heterocycles. The van der Waals surface area contributed by atoms with Crippen molar-refractivity contribution < 1.29 is 12.9 Å². The molecule has 0 bridgehead atoms. The standard InChI is InChI=1S/C13H25N3O3S/c1-11(2)8-14-9-12-7-13(19-15-12)10-16(3)5-6-20(4,17)18/h7,11,14H,5-6,8-10H2,1-4H3. The molecule has 7 heteroatoms. The molecule has 1 rings (SSSR count). The van der Waals surface area contributed by atoms with Gasteiger partial charge in [0.15, 0.2) is 5.76 Å². The molecule has 0 saturated carbocycles. The molecule has 0 aliphatic rings. The maximum atomic E-state index is 11.1. The molecule has 20 heavy (non-hydrogen) atoms. The third kappa shape index (κ3) is 7.62. The average molecular weight is 303 g/mol. The van der Waals surface area contributed by atoms with Crippen LogP contribution in [0.1, 0.15) is 25.3 Å². The van der Waals surface area contributed by atoms with Crippen LogP contribution in [0.2, 0.25) is 0 Å².